The average Bonchev–Trinajstić information content (AvgIpc) is 2.25. The molecule has 0 aromatic rings. The lowest BCUT2D eigenvalue weighted by Gasteiger charge is -2.16. The topological polar surface area (TPSA) is 92.5 Å². The molecule has 16 heavy (non-hydrogen) atoms. The Kier molecular flexibility index (Phi) is 6.54. The van der Waals surface area contributed by atoms with Crippen molar-refractivity contribution in [2.45, 2.75) is 13.8 Å². The quantitative estimate of drug-likeness (QED) is 0.605. The van der Waals surface area contributed by atoms with Crippen LogP contribution in [-0.4, -0.2) is 51.1 Å². The number of nitrogens with two attached hydrogens (primary N) is 1. The summed E-state index contributed by atoms with van der Waals surface area (Å²) in [5.74, 6) is -0.118. The van der Waals surface area contributed by atoms with Gasteiger partial charge in [-0.3, -0.25) is 4.79 Å². The molecule has 0 saturated carbocycles. The van der Waals surface area contributed by atoms with Crippen molar-refractivity contribution in [3.05, 3.63) is 0 Å². The van der Waals surface area contributed by atoms with E-state index < -0.39 is 10.0 Å². The Hall–Kier alpha value is -0.660. The summed E-state index contributed by atoms with van der Waals surface area (Å²) in [6, 6.07) is 0. The third-order valence-electron chi connectivity index (χ3n) is 2.26. The third-order valence-corrected chi connectivity index (χ3v) is 4.06. The molecule has 7 heteroatoms. The van der Waals surface area contributed by atoms with Gasteiger partial charge in [0.15, 0.2) is 0 Å². The van der Waals surface area contributed by atoms with Gasteiger partial charge in [-0.2, -0.15) is 4.31 Å². The van der Waals surface area contributed by atoms with Crippen LogP contribution >= 0.6 is 0 Å². The van der Waals surface area contributed by atoms with E-state index in [9.17, 15) is 13.2 Å². The zero-order chi connectivity index (χ0) is 12.8. The van der Waals surface area contributed by atoms with Gasteiger partial charge in [-0.15, -0.1) is 0 Å². The Labute approximate surface area is 97.2 Å². The summed E-state index contributed by atoms with van der Waals surface area (Å²) in [6.07, 6.45) is 0. The number of nitrogens with zero attached hydrogens (tertiary/aromatic N) is 1. The molecule has 3 N–H and O–H groups in total. The second-order valence-electron chi connectivity index (χ2n) is 3.80. The minimum Gasteiger partial charge on any atom is -0.355 e. The Morgan fingerprint density at radius 2 is 2.06 bits per heavy atom. The van der Waals surface area contributed by atoms with Crippen molar-refractivity contribution in [2.24, 2.45) is 11.7 Å². The summed E-state index contributed by atoms with van der Waals surface area (Å²) in [7, 11) is -1.90. The molecule has 0 rings (SSSR count). The van der Waals surface area contributed by atoms with Gasteiger partial charge in [0, 0.05) is 13.6 Å². The monoisotopic (exact) mass is 251 g/mol. The van der Waals surface area contributed by atoms with E-state index in [0.717, 1.165) is 4.31 Å². The maximum atomic E-state index is 11.4. The van der Waals surface area contributed by atoms with Gasteiger partial charge in [0.1, 0.15) is 0 Å². The van der Waals surface area contributed by atoms with Crippen molar-refractivity contribution >= 4 is 15.9 Å². The van der Waals surface area contributed by atoms with E-state index >= 15 is 0 Å². The molecular formula is C9H21N3O3S. The molecule has 1 atom stereocenters. The predicted molar refractivity (Wildman–Crippen MR) is 63.3 cm³/mol. The number of carbonyl (C=O) groups is 1. The molecule has 0 aromatic carbocycles. The summed E-state index contributed by atoms with van der Waals surface area (Å²) in [5, 5.41) is 2.64. The summed E-state index contributed by atoms with van der Waals surface area (Å²) >= 11 is 0. The highest BCUT2D eigenvalue weighted by atomic mass is 32.2. The van der Waals surface area contributed by atoms with Crippen molar-refractivity contribution < 1.29 is 13.2 Å². The Morgan fingerprint density at radius 3 is 2.50 bits per heavy atom. The SMILES string of the molecule is CCS(=O)(=O)N(C)CC(=O)NCC(C)CN. The minimum atomic E-state index is -3.29. The van der Waals surface area contributed by atoms with Crippen LogP contribution in [0.2, 0.25) is 0 Å². The molecule has 1 unspecified atom stereocenters. The molecule has 0 fully saturated rings. The number of likely N-dealkylation sites (N-methyl/N-ethyl adjacent to an activating group) is 1. The lowest BCUT2D eigenvalue weighted by Crippen LogP contribution is -2.40. The minimum absolute atomic E-state index is 0.00399. The fourth-order valence-electron chi connectivity index (χ4n) is 0.948. The van der Waals surface area contributed by atoms with Crippen LogP contribution in [0.5, 0.6) is 0 Å². The van der Waals surface area contributed by atoms with Gasteiger partial charge in [-0.1, -0.05) is 6.92 Å². The molecule has 96 valence electrons. The number of hydrogen-bond acceptors (Lipinski definition) is 4. The molecule has 0 heterocycles. The first-order valence-electron chi connectivity index (χ1n) is 5.24. The Balaban J connectivity index is 4.07. The molecule has 6 nitrogen and oxygen atoms in total. The van der Waals surface area contributed by atoms with E-state index in [1.807, 2.05) is 6.92 Å². The fraction of sp³-hybridized carbons (Fsp3) is 0.889. The average molecular weight is 251 g/mol. The molecule has 0 spiro atoms. The first-order chi connectivity index (χ1) is 7.33. The highest BCUT2D eigenvalue weighted by molar-refractivity contribution is 7.89. The van der Waals surface area contributed by atoms with Crippen LogP contribution in [0, 0.1) is 5.92 Å². The van der Waals surface area contributed by atoms with Crippen molar-refractivity contribution in [1.29, 1.82) is 0 Å². The van der Waals surface area contributed by atoms with Crippen LogP contribution in [0.25, 0.3) is 0 Å². The van der Waals surface area contributed by atoms with Gasteiger partial charge in [-0.25, -0.2) is 8.42 Å². The summed E-state index contributed by atoms with van der Waals surface area (Å²) in [4.78, 5) is 11.4. The summed E-state index contributed by atoms with van der Waals surface area (Å²) < 4.78 is 23.8. The van der Waals surface area contributed by atoms with Gasteiger partial charge in [0.05, 0.1) is 12.3 Å². The standard InChI is InChI=1S/C9H21N3O3S/c1-4-16(14,15)12(3)7-9(13)11-6-8(2)5-10/h8H,4-7,10H2,1-3H3,(H,11,13). The highest BCUT2D eigenvalue weighted by Gasteiger charge is 2.18. The molecule has 0 aromatic heterocycles. The molecule has 0 saturated heterocycles. The number of carbonyl (C=O) groups excluding carboxylic acids is 1. The van der Waals surface area contributed by atoms with E-state index in [1.165, 1.54) is 7.05 Å². The second-order valence-corrected chi connectivity index (χ2v) is 6.17. The van der Waals surface area contributed by atoms with Crippen LogP contribution in [0.15, 0.2) is 0 Å². The van der Waals surface area contributed by atoms with E-state index in [4.69, 9.17) is 5.73 Å². The smallest absolute Gasteiger partial charge is 0.235 e. The number of sulfonamides is 1. The molecule has 0 radical (unpaired) electrons. The number of rotatable bonds is 7. The van der Waals surface area contributed by atoms with E-state index in [1.54, 1.807) is 6.92 Å². The largest absolute Gasteiger partial charge is 0.355 e. The van der Waals surface area contributed by atoms with Crippen LogP contribution in [-0.2, 0) is 14.8 Å². The first kappa shape index (κ1) is 15.3. The van der Waals surface area contributed by atoms with Gasteiger partial charge >= 0.3 is 0 Å². The molecule has 0 aliphatic carbocycles. The molecular weight excluding hydrogens is 230 g/mol. The lowest BCUT2D eigenvalue weighted by molar-refractivity contribution is -0.121. The maximum absolute atomic E-state index is 11.4. The van der Waals surface area contributed by atoms with E-state index in [2.05, 4.69) is 5.32 Å². The maximum Gasteiger partial charge on any atom is 0.235 e. The fourth-order valence-corrected chi connectivity index (χ4v) is 1.70. The zero-order valence-electron chi connectivity index (χ0n) is 10.1. The number of amides is 1. The zero-order valence-corrected chi connectivity index (χ0v) is 10.9. The van der Waals surface area contributed by atoms with Crippen molar-refractivity contribution in [2.75, 3.05) is 32.4 Å². The van der Waals surface area contributed by atoms with E-state index in [0.29, 0.717) is 13.1 Å². The van der Waals surface area contributed by atoms with Crippen LogP contribution in [0.3, 0.4) is 0 Å². The Bertz CT molecular complexity index is 316. The van der Waals surface area contributed by atoms with Crippen LogP contribution in [0.1, 0.15) is 13.8 Å². The van der Waals surface area contributed by atoms with Crippen molar-refractivity contribution in [1.82, 2.24) is 9.62 Å². The van der Waals surface area contributed by atoms with Gasteiger partial charge in [0.25, 0.3) is 0 Å². The number of nitrogens with one attached hydrogen (secondary N) is 1. The number of hydrogen-bond donors (Lipinski definition) is 2. The highest BCUT2D eigenvalue weighted by Crippen LogP contribution is 1.96. The predicted octanol–water partition coefficient (Wildman–Crippen LogP) is -1.02. The normalized spacial score (nSPS) is 13.8. The Morgan fingerprint density at radius 1 is 1.50 bits per heavy atom. The lowest BCUT2D eigenvalue weighted by atomic mass is 10.2. The van der Waals surface area contributed by atoms with Crippen molar-refractivity contribution in [3.63, 3.8) is 0 Å². The van der Waals surface area contributed by atoms with Crippen molar-refractivity contribution in [3.8, 4) is 0 Å². The summed E-state index contributed by atoms with van der Waals surface area (Å²) in [6.45, 7) is 4.26. The molecule has 1 amide bonds. The second kappa shape index (κ2) is 6.82. The third kappa shape index (κ3) is 5.43. The summed E-state index contributed by atoms with van der Waals surface area (Å²) in [5.41, 5.74) is 5.39. The van der Waals surface area contributed by atoms with Gasteiger partial charge in [0.2, 0.25) is 15.9 Å². The van der Waals surface area contributed by atoms with Crippen LogP contribution in [0.4, 0.5) is 0 Å². The first-order valence-corrected chi connectivity index (χ1v) is 6.85. The molecule has 0 aliphatic rings. The van der Waals surface area contributed by atoms with Gasteiger partial charge < -0.3 is 11.1 Å². The molecule has 0 bridgehead atoms. The van der Waals surface area contributed by atoms with Crippen LogP contribution < -0.4 is 11.1 Å². The molecule has 0 aliphatic heterocycles. The van der Waals surface area contributed by atoms with E-state index in [-0.39, 0.29) is 24.1 Å². The van der Waals surface area contributed by atoms with Gasteiger partial charge in [-0.05, 0) is 19.4 Å².